The average Bonchev–Trinajstić information content (AvgIpc) is 3.01. The highest BCUT2D eigenvalue weighted by molar-refractivity contribution is 6.39. The number of aliphatic carboxylic acids is 1. The zero-order valence-electron chi connectivity index (χ0n) is 24.6. The number of aryl methyl sites for hydroxylation is 1. The van der Waals surface area contributed by atoms with Gasteiger partial charge < -0.3 is 34.7 Å². The summed E-state index contributed by atoms with van der Waals surface area (Å²) in [6.07, 6.45) is 2.08. The molecule has 1 amide bonds. The van der Waals surface area contributed by atoms with Crippen LogP contribution in [0.4, 0.5) is 0 Å². The van der Waals surface area contributed by atoms with Crippen LogP contribution in [0.25, 0.3) is 0 Å². The molecule has 0 saturated carbocycles. The SMILES string of the molecule is CCC(C)(N)C(=O)C(=O)N1CCCC[C@H]1C(=O)O[C@H](CCc1ccc(OC)c(OC)c1)c1cccc(OCC(=O)O)c1. The highest BCUT2D eigenvalue weighted by Crippen LogP contribution is 2.32. The van der Waals surface area contributed by atoms with Crippen LogP contribution < -0.4 is 19.9 Å². The fourth-order valence-electron chi connectivity index (χ4n) is 4.75. The number of carboxylic acids is 1. The second kappa shape index (κ2) is 14.7. The Labute approximate surface area is 245 Å². The Hall–Kier alpha value is -4.12. The number of rotatable bonds is 14. The number of hydrogen-bond donors (Lipinski definition) is 2. The number of piperidine rings is 1. The molecule has 3 atom stereocenters. The molecule has 1 aliphatic rings. The van der Waals surface area contributed by atoms with E-state index in [9.17, 15) is 19.2 Å². The molecule has 1 fully saturated rings. The van der Waals surface area contributed by atoms with Crippen LogP contribution in [0.2, 0.25) is 0 Å². The van der Waals surface area contributed by atoms with Crippen LogP contribution in [0, 0.1) is 0 Å². The largest absolute Gasteiger partial charge is 0.493 e. The second-order valence-corrected chi connectivity index (χ2v) is 10.5. The van der Waals surface area contributed by atoms with Crippen LogP contribution in [0.5, 0.6) is 17.2 Å². The van der Waals surface area contributed by atoms with Gasteiger partial charge in [-0.25, -0.2) is 9.59 Å². The van der Waals surface area contributed by atoms with Crippen molar-refractivity contribution < 1.29 is 43.2 Å². The van der Waals surface area contributed by atoms with Gasteiger partial charge in [0.05, 0.1) is 19.8 Å². The molecule has 228 valence electrons. The number of nitrogens with two attached hydrogens (primary N) is 1. The van der Waals surface area contributed by atoms with Crippen LogP contribution in [-0.2, 0) is 30.3 Å². The lowest BCUT2D eigenvalue weighted by molar-refractivity contribution is -0.164. The highest BCUT2D eigenvalue weighted by atomic mass is 16.5. The van der Waals surface area contributed by atoms with E-state index in [1.807, 2.05) is 12.1 Å². The molecule has 0 bridgehead atoms. The Morgan fingerprint density at radius 2 is 1.81 bits per heavy atom. The van der Waals surface area contributed by atoms with E-state index < -0.39 is 47.9 Å². The van der Waals surface area contributed by atoms with E-state index in [2.05, 4.69) is 0 Å². The van der Waals surface area contributed by atoms with E-state index in [1.54, 1.807) is 51.5 Å². The van der Waals surface area contributed by atoms with Gasteiger partial charge in [-0.05, 0) is 80.8 Å². The summed E-state index contributed by atoms with van der Waals surface area (Å²) < 4.78 is 22.1. The van der Waals surface area contributed by atoms with Crippen LogP contribution in [0.1, 0.15) is 63.2 Å². The minimum absolute atomic E-state index is 0.249. The number of carbonyl (C=O) groups excluding carboxylic acids is 3. The molecule has 1 saturated heterocycles. The lowest BCUT2D eigenvalue weighted by Crippen LogP contribution is -2.57. The van der Waals surface area contributed by atoms with Gasteiger partial charge in [-0.15, -0.1) is 0 Å². The maximum absolute atomic E-state index is 13.6. The van der Waals surface area contributed by atoms with E-state index in [1.165, 1.54) is 11.8 Å². The van der Waals surface area contributed by atoms with Gasteiger partial charge in [0.1, 0.15) is 17.9 Å². The van der Waals surface area contributed by atoms with Gasteiger partial charge in [0.2, 0.25) is 5.78 Å². The molecule has 1 unspecified atom stereocenters. The molecule has 0 radical (unpaired) electrons. The summed E-state index contributed by atoms with van der Waals surface area (Å²) in [5, 5.41) is 9.00. The number of amides is 1. The Morgan fingerprint density at radius 3 is 2.48 bits per heavy atom. The first-order valence-electron chi connectivity index (χ1n) is 14.0. The number of ketones is 1. The molecule has 11 heteroatoms. The fraction of sp³-hybridized carbons (Fsp3) is 0.484. The molecule has 0 aromatic heterocycles. The number of nitrogens with zero attached hydrogens (tertiary/aromatic N) is 1. The topological polar surface area (TPSA) is 155 Å². The lowest BCUT2D eigenvalue weighted by atomic mass is 9.92. The van der Waals surface area contributed by atoms with E-state index in [0.717, 1.165) is 5.56 Å². The highest BCUT2D eigenvalue weighted by Gasteiger charge is 2.41. The molecule has 2 aromatic carbocycles. The summed E-state index contributed by atoms with van der Waals surface area (Å²) >= 11 is 0. The first-order valence-corrected chi connectivity index (χ1v) is 14.0. The van der Waals surface area contributed by atoms with Crippen molar-refractivity contribution >= 4 is 23.6 Å². The molecule has 0 aliphatic carbocycles. The number of carboxylic acid groups (broad SMARTS) is 1. The third kappa shape index (κ3) is 8.22. The van der Waals surface area contributed by atoms with Crippen molar-refractivity contribution in [2.75, 3.05) is 27.4 Å². The zero-order chi connectivity index (χ0) is 30.9. The van der Waals surface area contributed by atoms with E-state index in [0.29, 0.717) is 54.9 Å². The second-order valence-electron chi connectivity index (χ2n) is 10.5. The van der Waals surface area contributed by atoms with Gasteiger partial charge >= 0.3 is 11.9 Å². The van der Waals surface area contributed by atoms with Crippen molar-refractivity contribution in [3.05, 3.63) is 53.6 Å². The number of carbonyl (C=O) groups is 4. The predicted octanol–water partition coefficient (Wildman–Crippen LogP) is 3.46. The molecule has 42 heavy (non-hydrogen) atoms. The van der Waals surface area contributed by atoms with Crippen molar-refractivity contribution in [3.63, 3.8) is 0 Å². The van der Waals surface area contributed by atoms with Crippen molar-refractivity contribution in [2.45, 2.75) is 70.1 Å². The molecule has 1 heterocycles. The third-order valence-corrected chi connectivity index (χ3v) is 7.48. The third-order valence-electron chi connectivity index (χ3n) is 7.48. The van der Waals surface area contributed by atoms with Crippen LogP contribution >= 0.6 is 0 Å². The summed E-state index contributed by atoms with van der Waals surface area (Å²) in [6, 6.07) is 11.3. The smallest absolute Gasteiger partial charge is 0.341 e. The van der Waals surface area contributed by atoms with Gasteiger partial charge in [0.25, 0.3) is 5.91 Å². The molecule has 3 rings (SSSR count). The summed E-state index contributed by atoms with van der Waals surface area (Å²) in [6.45, 7) is 2.96. The number of Topliss-reactive ketones (excluding diaryl/α,β-unsaturated/α-hetero) is 1. The minimum Gasteiger partial charge on any atom is -0.493 e. The number of methoxy groups -OCH3 is 2. The zero-order valence-corrected chi connectivity index (χ0v) is 24.6. The first-order chi connectivity index (χ1) is 20.0. The van der Waals surface area contributed by atoms with Crippen molar-refractivity contribution in [1.82, 2.24) is 4.90 Å². The van der Waals surface area contributed by atoms with Crippen molar-refractivity contribution in [1.29, 1.82) is 0 Å². The summed E-state index contributed by atoms with van der Waals surface area (Å²) in [4.78, 5) is 52.0. The van der Waals surface area contributed by atoms with Gasteiger partial charge in [0.15, 0.2) is 18.1 Å². The Morgan fingerprint density at radius 1 is 1.07 bits per heavy atom. The first kappa shape index (κ1) is 32.4. The number of esters is 1. The molecule has 3 N–H and O–H groups in total. The Kier molecular flexibility index (Phi) is 11.3. The number of hydrogen-bond acceptors (Lipinski definition) is 9. The molecular formula is C31H40N2O9. The summed E-state index contributed by atoms with van der Waals surface area (Å²) in [7, 11) is 3.10. The summed E-state index contributed by atoms with van der Waals surface area (Å²) in [5.74, 6) is -1.81. The van der Waals surface area contributed by atoms with E-state index in [-0.39, 0.29) is 13.0 Å². The Bertz CT molecular complexity index is 1280. The van der Waals surface area contributed by atoms with Crippen molar-refractivity contribution in [3.8, 4) is 17.2 Å². The van der Waals surface area contributed by atoms with Gasteiger partial charge in [-0.1, -0.05) is 25.1 Å². The number of benzene rings is 2. The maximum atomic E-state index is 13.6. The fourth-order valence-corrected chi connectivity index (χ4v) is 4.75. The normalized spacial score (nSPS) is 17.0. The van der Waals surface area contributed by atoms with Crippen LogP contribution in [0.3, 0.4) is 0 Å². The van der Waals surface area contributed by atoms with Crippen molar-refractivity contribution in [2.24, 2.45) is 5.73 Å². The molecule has 0 spiro atoms. The molecular weight excluding hydrogens is 544 g/mol. The Balaban J connectivity index is 1.87. The average molecular weight is 585 g/mol. The van der Waals surface area contributed by atoms with Crippen LogP contribution in [0.15, 0.2) is 42.5 Å². The minimum atomic E-state index is -1.33. The lowest BCUT2D eigenvalue weighted by Gasteiger charge is -2.36. The van der Waals surface area contributed by atoms with Gasteiger partial charge in [-0.2, -0.15) is 0 Å². The molecule has 11 nitrogen and oxygen atoms in total. The van der Waals surface area contributed by atoms with E-state index in [4.69, 9.17) is 29.8 Å². The molecule has 2 aromatic rings. The monoisotopic (exact) mass is 584 g/mol. The quantitative estimate of drug-likeness (QED) is 0.249. The number of ether oxygens (including phenoxy) is 4. The maximum Gasteiger partial charge on any atom is 0.341 e. The predicted molar refractivity (Wildman–Crippen MR) is 154 cm³/mol. The number of likely N-dealkylation sites (tertiary alicyclic amines) is 1. The summed E-state index contributed by atoms with van der Waals surface area (Å²) in [5.41, 5.74) is 6.23. The van der Waals surface area contributed by atoms with Crippen LogP contribution in [-0.4, -0.2) is 72.6 Å². The van der Waals surface area contributed by atoms with Gasteiger partial charge in [-0.3, -0.25) is 9.59 Å². The van der Waals surface area contributed by atoms with E-state index >= 15 is 0 Å². The standard InChI is InChI=1S/C31H40N2O9/c1-5-31(2,32)28(36)29(37)33-16-7-6-11-23(33)30(38)42-24(21-9-8-10-22(18-21)41-19-27(34)35)14-12-20-13-15-25(39-3)26(17-20)40-4/h8-10,13,15,17-18,23-24H,5-7,11-12,14,16,19,32H2,1-4H3,(H,34,35)/t23-,24+,31?/m0/s1. The van der Waals surface area contributed by atoms with Gasteiger partial charge in [0, 0.05) is 6.54 Å². The molecule has 1 aliphatic heterocycles.